The van der Waals surface area contributed by atoms with Crippen LogP contribution in [-0.4, -0.2) is 31.3 Å². The molecule has 8 heteroatoms. The molecule has 20 heavy (non-hydrogen) atoms. The maximum absolute atomic E-state index is 13.2. The van der Waals surface area contributed by atoms with Crippen molar-refractivity contribution in [2.24, 2.45) is 0 Å². The SMILES string of the molecule is COC(=O)C(C)NNC(=S)N(C)c1cc(F)ccc1Cl. The quantitative estimate of drug-likeness (QED) is 0.502. The first-order valence-corrected chi connectivity index (χ1v) is 6.47. The summed E-state index contributed by atoms with van der Waals surface area (Å²) in [5.74, 6) is -0.860. The molecule has 1 aromatic carbocycles. The van der Waals surface area contributed by atoms with Crippen molar-refractivity contribution in [3.05, 3.63) is 29.0 Å². The fourth-order valence-electron chi connectivity index (χ4n) is 1.34. The summed E-state index contributed by atoms with van der Waals surface area (Å²) in [6, 6.07) is 3.37. The highest BCUT2D eigenvalue weighted by Crippen LogP contribution is 2.25. The molecule has 2 N–H and O–H groups in total. The molecular weight excluding hydrogens is 305 g/mol. The van der Waals surface area contributed by atoms with Gasteiger partial charge in [-0.25, -0.2) is 9.82 Å². The molecule has 110 valence electrons. The van der Waals surface area contributed by atoms with E-state index in [4.69, 9.17) is 23.8 Å². The lowest BCUT2D eigenvalue weighted by molar-refractivity contribution is -0.142. The van der Waals surface area contributed by atoms with Crippen molar-refractivity contribution in [3.8, 4) is 0 Å². The zero-order chi connectivity index (χ0) is 15.3. The fourth-order valence-corrected chi connectivity index (χ4v) is 1.74. The second-order valence-corrected chi connectivity index (χ2v) is 4.77. The Labute approximate surface area is 127 Å². The van der Waals surface area contributed by atoms with Crippen LogP contribution in [0, 0.1) is 5.82 Å². The molecule has 0 saturated carbocycles. The molecule has 0 heterocycles. The Morgan fingerprint density at radius 2 is 2.20 bits per heavy atom. The summed E-state index contributed by atoms with van der Waals surface area (Å²) < 4.78 is 17.8. The number of hydrogen-bond donors (Lipinski definition) is 2. The van der Waals surface area contributed by atoms with Crippen molar-refractivity contribution in [1.29, 1.82) is 0 Å². The van der Waals surface area contributed by atoms with Gasteiger partial charge in [0.1, 0.15) is 11.9 Å². The molecule has 0 aliphatic carbocycles. The van der Waals surface area contributed by atoms with Gasteiger partial charge in [0, 0.05) is 7.05 Å². The maximum Gasteiger partial charge on any atom is 0.324 e. The molecule has 0 fully saturated rings. The number of carbonyl (C=O) groups is 1. The summed E-state index contributed by atoms with van der Waals surface area (Å²) in [6.07, 6.45) is 0. The number of rotatable bonds is 4. The molecule has 0 saturated heterocycles. The lowest BCUT2D eigenvalue weighted by atomic mass is 10.3. The molecule has 0 aromatic heterocycles. The molecule has 1 atom stereocenters. The molecule has 1 rings (SSSR count). The predicted molar refractivity (Wildman–Crippen MR) is 80.2 cm³/mol. The van der Waals surface area contributed by atoms with Crippen LogP contribution >= 0.6 is 23.8 Å². The number of ether oxygens (including phenoxy) is 1. The number of hydrazine groups is 1. The zero-order valence-electron chi connectivity index (χ0n) is 11.2. The number of nitrogens with one attached hydrogen (secondary N) is 2. The third kappa shape index (κ3) is 4.29. The van der Waals surface area contributed by atoms with E-state index in [9.17, 15) is 9.18 Å². The van der Waals surface area contributed by atoms with Crippen LogP contribution < -0.4 is 15.8 Å². The summed E-state index contributed by atoms with van der Waals surface area (Å²) in [7, 11) is 2.91. The molecule has 1 unspecified atom stereocenters. The minimum atomic E-state index is -0.589. The van der Waals surface area contributed by atoms with Gasteiger partial charge in [0.15, 0.2) is 5.11 Å². The molecule has 0 aliphatic rings. The van der Waals surface area contributed by atoms with Gasteiger partial charge in [0.05, 0.1) is 17.8 Å². The lowest BCUT2D eigenvalue weighted by Crippen LogP contribution is -2.51. The van der Waals surface area contributed by atoms with Gasteiger partial charge in [-0.15, -0.1) is 0 Å². The average Bonchev–Trinajstić information content (AvgIpc) is 2.45. The van der Waals surface area contributed by atoms with Crippen molar-refractivity contribution >= 4 is 40.6 Å². The second-order valence-electron chi connectivity index (χ2n) is 3.97. The number of hydrogen-bond acceptors (Lipinski definition) is 4. The number of methoxy groups -OCH3 is 1. The Morgan fingerprint density at radius 3 is 2.80 bits per heavy atom. The van der Waals surface area contributed by atoms with E-state index >= 15 is 0 Å². The minimum absolute atomic E-state index is 0.230. The smallest absolute Gasteiger partial charge is 0.324 e. The summed E-state index contributed by atoms with van der Waals surface area (Å²) in [4.78, 5) is 12.7. The maximum atomic E-state index is 13.2. The molecule has 1 aromatic rings. The fraction of sp³-hybridized carbons (Fsp3) is 0.333. The number of benzene rings is 1. The van der Waals surface area contributed by atoms with Gasteiger partial charge in [-0.1, -0.05) is 11.6 Å². The standard InChI is InChI=1S/C12H15ClFN3O2S/c1-7(11(18)19-3)15-16-12(20)17(2)10-6-8(14)4-5-9(10)13/h4-7,15H,1-3H3,(H,16,20). The number of thiocarbonyl (C=S) groups is 1. The van der Waals surface area contributed by atoms with Crippen LogP contribution in [0.5, 0.6) is 0 Å². The third-order valence-electron chi connectivity index (χ3n) is 2.52. The Hall–Kier alpha value is -1.44. The first kappa shape index (κ1) is 16.6. The van der Waals surface area contributed by atoms with E-state index in [1.807, 2.05) is 0 Å². The Bertz CT molecular complexity index is 515. The first-order valence-electron chi connectivity index (χ1n) is 5.69. The van der Waals surface area contributed by atoms with Gasteiger partial charge in [0.2, 0.25) is 0 Å². The molecule has 0 aliphatic heterocycles. The summed E-state index contributed by atoms with van der Waals surface area (Å²) in [6.45, 7) is 1.61. The number of esters is 1. The molecule has 0 amide bonds. The van der Waals surface area contributed by atoms with Crippen molar-refractivity contribution < 1.29 is 13.9 Å². The largest absolute Gasteiger partial charge is 0.468 e. The predicted octanol–water partition coefficient (Wildman–Crippen LogP) is 1.86. The Balaban J connectivity index is 2.68. The van der Waals surface area contributed by atoms with E-state index in [-0.39, 0.29) is 5.11 Å². The molecule has 0 spiro atoms. The van der Waals surface area contributed by atoms with E-state index in [0.29, 0.717) is 10.7 Å². The van der Waals surface area contributed by atoms with E-state index in [1.165, 1.54) is 30.2 Å². The van der Waals surface area contributed by atoms with E-state index < -0.39 is 17.8 Å². The van der Waals surface area contributed by atoms with Gasteiger partial charge < -0.3 is 9.64 Å². The summed E-state index contributed by atoms with van der Waals surface area (Å²) in [5.41, 5.74) is 5.76. The van der Waals surface area contributed by atoms with Crippen LogP contribution in [0.25, 0.3) is 0 Å². The van der Waals surface area contributed by atoms with Crippen molar-refractivity contribution in [3.63, 3.8) is 0 Å². The van der Waals surface area contributed by atoms with Gasteiger partial charge in [-0.3, -0.25) is 10.2 Å². The summed E-state index contributed by atoms with van der Waals surface area (Å²) >= 11 is 11.1. The lowest BCUT2D eigenvalue weighted by Gasteiger charge is -2.23. The van der Waals surface area contributed by atoms with Crippen molar-refractivity contribution in [2.75, 3.05) is 19.1 Å². The van der Waals surface area contributed by atoms with Crippen LogP contribution in [0.3, 0.4) is 0 Å². The molecule has 0 bridgehead atoms. The minimum Gasteiger partial charge on any atom is -0.468 e. The van der Waals surface area contributed by atoms with Crippen LogP contribution in [0.1, 0.15) is 6.92 Å². The van der Waals surface area contributed by atoms with Gasteiger partial charge in [-0.05, 0) is 37.3 Å². The number of anilines is 1. The topological polar surface area (TPSA) is 53.6 Å². The number of carbonyl (C=O) groups excluding carboxylic acids is 1. The second kappa shape index (κ2) is 7.37. The third-order valence-corrected chi connectivity index (χ3v) is 3.22. The monoisotopic (exact) mass is 319 g/mol. The number of nitrogens with zero attached hydrogens (tertiary/aromatic N) is 1. The van der Waals surface area contributed by atoms with Gasteiger partial charge in [0.25, 0.3) is 0 Å². The highest BCUT2D eigenvalue weighted by molar-refractivity contribution is 7.80. The molecular formula is C12H15ClFN3O2S. The van der Waals surface area contributed by atoms with Gasteiger partial charge >= 0.3 is 5.97 Å². The number of halogens is 2. The zero-order valence-corrected chi connectivity index (χ0v) is 12.8. The Morgan fingerprint density at radius 1 is 1.55 bits per heavy atom. The van der Waals surface area contributed by atoms with Gasteiger partial charge in [-0.2, -0.15) is 0 Å². The highest BCUT2D eigenvalue weighted by atomic mass is 35.5. The van der Waals surface area contributed by atoms with Crippen LogP contribution in [-0.2, 0) is 9.53 Å². The summed E-state index contributed by atoms with van der Waals surface area (Å²) in [5, 5.41) is 0.590. The van der Waals surface area contributed by atoms with E-state index in [2.05, 4.69) is 15.6 Å². The van der Waals surface area contributed by atoms with Crippen LogP contribution in [0.2, 0.25) is 5.02 Å². The first-order chi connectivity index (χ1) is 9.36. The normalized spacial score (nSPS) is 11.7. The highest BCUT2D eigenvalue weighted by Gasteiger charge is 2.15. The Kier molecular flexibility index (Phi) is 6.12. The van der Waals surface area contributed by atoms with Crippen LogP contribution in [0.4, 0.5) is 10.1 Å². The van der Waals surface area contributed by atoms with E-state index in [0.717, 1.165) is 0 Å². The molecule has 0 radical (unpaired) electrons. The van der Waals surface area contributed by atoms with Crippen molar-refractivity contribution in [2.45, 2.75) is 13.0 Å². The van der Waals surface area contributed by atoms with E-state index in [1.54, 1.807) is 14.0 Å². The molecule has 5 nitrogen and oxygen atoms in total. The van der Waals surface area contributed by atoms with Crippen molar-refractivity contribution in [1.82, 2.24) is 10.9 Å². The van der Waals surface area contributed by atoms with Crippen LogP contribution in [0.15, 0.2) is 18.2 Å². The average molecular weight is 320 g/mol.